The lowest BCUT2D eigenvalue weighted by Crippen LogP contribution is -2.07. The number of alkyl halides is 3. The van der Waals surface area contributed by atoms with Crippen molar-refractivity contribution in [2.24, 2.45) is 0 Å². The standard InChI is InChI=1S/C27H26F3NS/c1-3-4-5-6-7-19-11-13-32-26(19)22-10-12-31-25(17-22)21-9-8-20-14-18(2)24(27(28,29)30)16-23(20)15-21/h8-17H,3-7H2,1-2H3. The number of aromatic nitrogens is 1. The fourth-order valence-corrected chi connectivity index (χ4v) is 5.09. The molecule has 0 unspecified atom stereocenters. The minimum absolute atomic E-state index is 0.238. The van der Waals surface area contributed by atoms with E-state index < -0.39 is 11.7 Å². The van der Waals surface area contributed by atoms with E-state index in [1.807, 2.05) is 24.3 Å². The maximum absolute atomic E-state index is 13.4. The number of rotatable bonds is 7. The van der Waals surface area contributed by atoms with Crippen LogP contribution in [0.25, 0.3) is 32.5 Å². The molecule has 166 valence electrons. The topological polar surface area (TPSA) is 12.9 Å². The molecule has 4 rings (SSSR count). The Labute approximate surface area is 191 Å². The van der Waals surface area contributed by atoms with E-state index in [0.29, 0.717) is 5.39 Å². The fraction of sp³-hybridized carbons (Fsp3) is 0.296. The average molecular weight is 454 g/mol. The third-order valence-electron chi connectivity index (χ3n) is 5.85. The molecule has 5 heteroatoms. The smallest absolute Gasteiger partial charge is 0.256 e. The van der Waals surface area contributed by atoms with Crippen molar-refractivity contribution in [3.8, 4) is 21.7 Å². The van der Waals surface area contributed by atoms with Gasteiger partial charge >= 0.3 is 6.18 Å². The van der Waals surface area contributed by atoms with E-state index in [-0.39, 0.29) is 5.56 Å². The molecule has 0 fully saturated rings. The highest BCUT2D eigenvalue weighted by Gasteiger charge is 2.32. The molecule has 0 bridgehead atoms. The van der Waals surface area contributed by atoms with Crippen LogP contribution in [-0.2, 0) is 12.6 Å². The largest absolute Gasteiger partial charge is 0.416 e. The number of hydrogen-bond donors (Lipinski definition) is 0. The van der Waals surface area contributed by atoms with Crippen LogP contribution >= 0.6 is 11.3 Å². The molecule has 1 nitrogen and oxygen atoms in total. The lowest BCUT2D eigenvalue weighted by Gasteiger charge is -2.12. The van der Waals surface area contributed by atoms with Crippen molar-refractivity contribution >= 4 is 22.1 Å². The summed E-state index contributed by atoms with van der Waals surface area (Å²) in [6.45, 7) is 3.72. The van der Waals surface area contributed by atoms with Gasteiger partial charge in [-0.1, -0.05) is 44.4 Å². The SMILES string of the molecule is CCCCCCc1ccsc1-c1ccnc(-c2ccc3cc(C)c(C(F)(F)F)cc3c2)c1. The summed E-state index contributed by atoms with van der Waals surface area (Å²) < 4.78 is 40.1. The van der Waals surface area contributed by atoms with Gasteiger partial charge in [-0.3, -0.25) is 4.98 Å². The number of benzene rings is 2. The molecule has 0 saturated carbocycles. The second kappa shape index (κ2) is 9.45. The van der Waals surface area contributed by atoms with Crippen LogP contribution in [-0.4, -0.2) is 4.98 Å². The number of halogens is 3. The summed E-state index contributed by atoms with van der Waals surface area (Å²) in [4.78, 5) is 5.76. The molecule has 0 aliphatic rings. The third-order valence-corrected chi connectivity index (χ3v) is 6.86. The Balaban J connectivity index is 1.67. The second-order valence-electron chi connectivity index (χ2n) is 8.24. The first kappa shape index (κ1) is 22.5. The predicted molar refractivity (Wildman–Crippen MR) is 128 cm³/mol. The summed E-state index contributed by atoms with van der Waals surface area (Å²) in [7, 11) is 0. The first-order chi connectivity index (χ1) is 15.4. The zero-order valence-electron chi connectivity index (χ0n) is 18.3. The zero-order valence-corrected chi connectivity index (χ0v) is 19.1. The molecule has 0 saturated heterocycles. The van der Waals surface area contributed by atoms with E-state index in [4.69, 9.17) is 0 Å². The Hall–Kier alpha value is -2.66. The van der Waals surface area contributed by atoms with Crippen molar-refractivity contribution in [1.82, 2.24) is 4.98 Å². The van der Waals surface area contributed by atoms with Gasteiger partial charge < -0.3 is 0 Å². The van der Waals surface area contributed by atoms with Gasteiger partial charge in [-0.15, -0.1) is 11.3 Å². The molecule has 0 aliphatic carbocycles. The van der Waals surface area contributed by atoms with Crippen LogP contribution in [0.2, 0.25) is 0 Å². The van der Waals surface area contributed by atoms with Gasteiger partial charge in [0.1, 0.15) is 0 Å². The Morgan fingerprint density at radius 2 is 1.72 bits per heavy atom. The molecule has 0 N–H and O–H groups in total. The molecule has 0 spiro atoms. The summed E-state index contributed by atoms with van der Waals surface area (Å²) in [5.74, 6) is 0. The van der Waals surface area contributed by atoms with E-state index in [0.717, 1.165) is 28.6 Å². The molecular weight excluding hydrogens is 427 g/mol. The number of thiophene rings is 1. The lowest BCUT2D eigenvalue weighted by molar-refractivity contribution is -0.137. The van der Waals surface area contributed by atoms with Gasteiger partial charge in [-0.05, 0) is 82.9 Å². The van der Waals surface area contributed by atoms with Gasteiger partial charge in [-0.25, -0.2) is 0 Å². The van der Waals surface area contributed by atoms with E-state index in [1.165, 1.54) is 49.1 Å². The molecule has 0 aliphatic heterocycles. The van der Waals surface area contributed by atoms with Crippen LogP contribution in [0.1, 0.15) is 49.3 Å². The second-order valence-corrected chi connectivity index (χ2v) is 9.16. The van der Waals surface area contributed by atoms with E-state index in [1.54, 1.807) is 29.7 Å². The van der Waals surface area contributed by atoms with Gasteiger partial charge in [0.15, 0.2) is 0 Å². The van der Waals surface area contributed by atoms with Crippen molar-refractivity contribution in [3.05, 3.63) is 76.8 Å². The van der Waals surface area contributed by atoms with E-state index in [9.17, 15) is 13.2 Å². The summed E-state index contributed by atoms with van der Waals surface area (Å²) in [5.41, 5.74) is 3.70. The number of hydrogen-bond acceptors (Lipinski definition) is 2. The molecule has 4 aromatic rings. The maximum Gasteiger partial charge on any atom is 0.416 e. The minimum Gasteiger partial charge on any atom is -0.256 e. The van der Waals surface area contributed by atoms with Crippen LogP contribution in [0.4, 0.5) is 13.2 Å². The van der Waals surface area contributed by atoms with E-state index >= 15 is 0 Å². The molecular formula is C27H26F3NS. The number of unbranched alkanes of at least 4 members (excludes halogenated alkanes) is 3. The molecule has 2 aromatic carbocycles. The third kappa shape index (κ3) is 4.88. The molecule has 2 heterocycles. The Bertz CT molecular complexity index is 1220. The maximum atomic E-state index is 13.4. The monoisotopic (exact) mass is 453 g/mol. The normalized spacial score (nSPS) is 11.9. The number of fused-ring (bicyclic) bond motifs is 1. The summed E-state index contributed by atoms with van der Waals surface area (Å²) >= 11 is 1.73. The average Bonchev–Trinajstić information content (AvgIpc) is 3.24. The Morgan fingerprint density at radius 1 is 0.875 bits per heavy atom. The van der Waals surface area contributed by atoms with Crippen molar-refractivity contribution in [3.63, 3.8) is 0 Å². The molecule has 0 atom stereocenters. The first-order valence-electron chi connectivity index (χ1n) is 11.0. The van der Waals surface area contributed by atoms with Gasteiger partial charge in [-0.2, -0.15) is 13.2 Å². The lowest BCUT2D eigenvalue weighted by atomic mass is 9.98. The van der Waals surface area contributed by atoms with Gasteiger partial charge in [0.25, 0.3) is 0 Å². The fourth-order valence-electron chi connectivity index (χ4n) is 4.13. The van der Waals surface area contributed by atoms with Gasteiger partial charge in [0.2, 0.25) is 0 Å². The van der Waals surface area contributed by atoms with Gasteiger partial charge in [0, 0.05) is 16.6 Å². The molecule has 32 heavy (non-hydrogen) atoms. The van der Waals surface area contributed by atoms with Crippen molar-refractivity contribution in [2.75, 3.05) is 0 Å². The van der Waals surface area contributed by atoms with Gasteiger partial charge in [0.05, 0.1) is 11.3 Å². The number of aryl methyl sites for hydroxylation is 2. The van der Waals surface area contributed by atoms with Crippen LogP contribution in [0.15, 0.2) is 60.1 Å². The molecule has 2 aromatic heterocycles. The van der Waals surface area contributed by atoms with Crippen LogP contribution in [0.3, 0.4) is 0 Å². The predicted octanol–water partition coefficient (Wildman–Crippen LogP) is 9.08. The minimum atomic E-state index is -4.36. The van der Waals surface area contributed by atoms with Crippen molar-refractivity contribution < 1.29 is 13.2 Å². The molecule has 0 radical (unpaired) electrons. The van der Waals surface area contributed by atoms with Crippen molar-refractivity contribution in [2.45, 2.75) is 52.1 Å². The summed E-state index contributed by atoms with van der Waals surface area (Å²) in [6.07, 6.45) is 3.39. The van der Waals surface area contributed by atoms with Crippen LogP contribution in [0.5, 0.6) is 0 Å². The Kier molecular flexibility index (Phi) is 6.66. The van der Waals surface area contributed by atoms with E-state index in [2.05, 4.69) is 23.4 Å². The summed E-state index contributed by atoms with van der Waals surface area (Å²) in [6, 6.07) is 14.7. The number of nitrogens with zero attached hydrogens (tertiary/aromatic N) is 1. The first-order valence-corrected chi connectivity index (χ1v) is 11.9. The highest BCUT2D eigenvalue weighted by atomic mass is 32.1. The highest BCUT2D eigenvalue weighted by Crippen LogP contribution is 2.36. The van der Waals surface area contributed by atoms with Crippen LogP contribution in [0, 0.1) is 6.92 Å². The quantitative estimate of drug-likeness (QED) is 0.254. The van der Waals surface area contributed by atoms with Crippen molar-refractivity contribution in [1.29, 1.82) is 0 Å². The summed E-state index contributed by atoms with van der Waals surface area (Å²) in [5, 5.41) is 3.49. The number of pyridine rings is 1. The zero-order chi connectivity index (χ0) is 22.7. The molecule has 0 amide bonds. The Morgan fingerprint density at radius 3 is 2.50 bits per heavy atom. The highest BCUT2D eigenvalue weighted by molar-refractivity contribution is 7.13. The van der Waals surface area contributed by atoms with Crippen LogP contribution < -0.4 is 0 Å².